The van der Waals surface area contributed by atoms with Crippen molar-refractivity contribution < 1.29 is 39.5 Å². The molecule has 3 aliphatic rings. The molecule has 0 aliphatic heterocycles. The lowest BCUT2D eigenvalue weighted by molar-refractivity contribution is -0.153. The van der Waals surface area contributed by atoms with Crippen LogP contribution in [-0.2, 0) is 27.2 Å². The Morgan fingerprint density at radius 2 is 1.85 bits per heavy atom. The number of ether oxygens (including phenoxy) is 1. The molecule has 3 aliphatic carbocycles. The predicted octanol–water partition coefficient (Wildman–Crippen LogP) is 2.20. The van der Waals surface area contributed by atoms with Crippen LogP contribution in [0, 0.1) is 11.8 Å². The van der Waals surface area contributed by atoms with Crippen LogP contribution in [0.3, 0.4) is 0 Å². The van der Waals surface area contributed by atoms with Crippen molar-refractivity contribution in [2.75, 3.05) is 21.2 Å². The fourth-order valence-corrected chi connectivity index (χ4v) is 6.74. The number of aliphatic hydroxyl groups is 3. The number of rotatable bonds is 5. The van der Waals surface area contributed by atoms with E-state index >= 15 is 0 Å². The van der Waals surface area contributed by atoms with Crippen molar-refractivity contribution in [2.45, 2.75) is 37.8 Å². The number of fused-ring (bicyclic) bond motifs is 3. The van der Waals surface area contributed by atoms with E-state index in [0.29, 0.717) is 12.0 Å². The summed E-state index contributed by atoms with van der Waals surface area (Å²) in [7, 11) is 4.73. The van der Waals surface area contributed by atoms with Crippen LogP contribution in [-0.4, -0.2) is 75.6 Å². The maximum absolute atomic E-state index is 14.0. The number of aliphatic hydroxyl groups excluding tert-OH is 2. The summed E-state index contributed by atoms with van der Waals surface area (Å²) in [4.78, 5) is 40.8. The fraction of sp³-hybridized carbons (Fsp3) is 0.367. The van der Waals surface area contributed by atoms with Gasteiger partial charge in [0.15, 0.2) is 11.4 Å². The predicted molar refractivity (Wildman–Crippen MR) is 146 cm³/mol. The Morgan fingerprint density at radius 1 is 1.15 bits per heavy atom. The minimum atomic E-state index is -2.66. The molecule has 5 rings (SSSR count). The molecular formula is C30H32N2O8. The number of amides is 1. The summed E-state index contributed by atoms with van der Waals surface area (Å²) in [5, 5.41) is 45.0. The molecule has 0 heterocycles. The van der Waals surface area contributed by atoms with E-state index in [1.165, 1.54) is 11.0 Å². The molecule has 2 aromatic carbocycles. The van der Waals surface area contributed by atoms with E-state index in [0.717, 1.165) is 22.4 Å². The molecule has 1 amide bonds. The number of primary amides is 1. The lowest BCUT2D eigenvalue weighted by Crippen LogP contribution is -2.65. The summed E-state index contributed by atoms with van der Waals surface area (Å²) < 4.78 is 5.45. The molecule has 0 aromatic heterocycles. The van der Waals surface area contributed by atoms with E-state index in [-0.39, 0.29) is 29.7 Å². The summed E-state index contributed by atoms with van der Waals surface area (Å²) in [6.45, 7) is 2.00. The summed E-state index contributed by atoms with van der Waals surface area (Å²) >= 11 is 0. The first-order valence-electron chi connectivity index (χ1n) is 13.0. The molecule has 210 valence electrons. The molecule has 10 heteroatoms. The summed E-state index contributed by atoms with van der Waals surface area (Å²) in [6.07, 6.45) is 0.962. The number of likely N-dealkylation sites (N-methyl/N-ethyl adjacent to an activating group) is 1. The van der Waals surface area contributed by atoms with Gasteiger partial charge in [0.25, 0.3) is 5.91 Å². The highest BCUT2D eigenvalue weighted by Crippen LogP contribution is 2.53. The maximum Gasteiger partial charge on any atom is 0.255 e. The Bertz CT molecular complexity index is 1540. The Labute approximate surface area is 231 Å². The van der Waals surface area contributed by atoms with Gasteiger partial charge in [0, 0.05) is 11.5 Å². The van der Waals surface area contributed by atoms with E-state index < -0.39 is 58.0 Å². The molecule has 0 bridgehead atoms. The molecule has 1 saturated carbocycles. The fourth-order valence-electron chi connectivity index (χ4n) is 6.74. The second-order valence-electron chi connectivity index (χ2n) is 10.8. The Kier molecular flexibility index (Phi) is 6.51. The molecule has 1 fully saturated rings. The van der Waals surface area contributed by atoms with Crippen LogP contribution in [0.1, 0.15) is 30.0 Å². The average molecular weight is 549 g/mol. The molecule has 6 N–H and O–H groups in total. The van der Waals surface area contributed by atoms with Crippen molar-refractivity contribution >= 4 is 23.2 Å². The number of aromatic hydroxyl groups is 1. The van der Waals surface area contributed by atoms with Gasteiger partial charge in [-0.1, -0.05) is 19.1 Å². The van der Waals surface area contributed by atoms with Crippen molar-refractivity contribution in [3.63, 3.8) is 0 Å². The van der Waals surface area contributed by atoms with Crippen LogP contribution in [0.5, 0.6) is 11.5 Å². The minimum absolute atomic E-state index is 0.0314. The number of phenolic OH excluding ortho intramolecular Hbond substituents is 1. The van der Waals surface area contributed by atoms with E-state index in [1.54, 1.807) is 27.3 Å². The number of benzene rings is 2. The van der Waals surface area contributed by atoms with Gasteiger partial charge in [-0.25, -0.2) is 0 Å². The number of phenols is 1. The molecular weight excluding hydrogens is 516 g/mol. The van der Waals surface area contributed by atoms with Gasteiger partial charge in [0.05, 0.1) is 18.7 Å². The van der Waals surface area contributed by atoms with Gasteiger partial charge >= 0.3 is 0 Å². The summed E-state index contributed by atoms with van der Waals surface area (Å²) in [5.74, 6) is -5.99. The monoisotopic (exact) mass is 548 g/mol. The van der Waals surface area contributed by atoms with Crippen LogP contribution in [0.2, 0.25) is 0 Å². The summed E-state index contributed by atoms with van der Waals surface area (Å²) in [6, 6.07) is 7.74. The van der Waals surface area contributed by atoms with Crippen LogP contribution >= 0.6 is 0 Å². The van der Waals surface area contributed by atoms with Gasteiger partial charge in [-0.3, -0.25) is 19.3 Å². The van der Waals surface area contributed by atoms with Crippen LogP contribution < -0.4 is 10.5 Å². The Hall–Kier alpha value is -4.15. The quantitative estimate of drug-likeness (QED) is 0.351. The van der Waals surface area contributed by atoms with Crippen molar-refractivity contribution in [3.8, 4) is 22.6 Å². The molecule has 2 aromatic rings. The molecule has 0 saturated heterocycles. The average Bonchev–Trinajstić information content (AvgIpc) is 2.90. The number of ketones is 2. The number of carbonyl (C=O) groups is 3. The van der Waals surface area contributed by atoms with Gasteiger partial charge in [0.2, 0.25) is 5.78 Å². The van der Waals surface area contributed by atoms with E-state index in [2.05, 4.69) is 0 Å². The minimum Gasteiger partial charge on any atom is -0.508 e. The number of aryl methyl sites for hydroxylation is 1. The highest BCUT2D eigenvalue weighted by atomic mass is 16.5. The molecule has 40 heavy (non-hydrogen) atoms. The second kappa shape index (κ2) is 9.50. The topological polar surface area (TPSA) is 171 Å². The lowest BCUT2D eigenvalue weighted by atomic mass is 9.57. The number of Topliss-reactive ketones (excluding diaryl/α,β-unsaturated/α-hetero) is 2. The SMILES string of the molecule is CCc1cc(-c2ccc(O)c3c2CC2CC4C(N(C)C)C(=O)C(C(N)=O)=C(O)C4(O)C(=O)C2=C3O)ccc1OC. The van der Waals surface area contributed by atoms with Gasteiger partial charge in [-0.15, -0.1) is 0 Å². The molecule has 0 radical (unpaired) electrons. The van der Waals surface area contributed by atoms with Gasteiger partial charge in [-0.05, 0) is 79.7 Å². The molecule has 4 unspecified atom stereocenters. The zero-order valence-electron chi connectivity index (χ0n) is 22.7. The molecule has 10 nitrogen and oxygen atoms in total. The zero-order valence-corrected chi connectivity index (χ0v) is 22.7. The third-order valence-corrected chi connectivity index (χ3v) is 8.58. The number of hydrogen-bond acceptors (Lipinski definition) is 9. The number of hydrogen-bond donors (Lipinski definition) is 5. The van der Waals surface area contributed by atoms with Crippen molar-refractivity contribution in [2.24, 2.45) is 17.6 Å². The maximum atomic E-state index is 14.0. The Balaban J connectivity index is 1.72. The standard InChI is InChI=1S/C30H32N2O8/c1-5-13-10-14(6-9-20(13)40-4)16-7-8-19(33)22-17(16)11-15-12-18-24(32(2)3)26(35)23(29(31)38)28(37)30(18,39)27(36)21(15)25(22)34/h6-10,15,18,24,33-34,37,39H,5,11-12H2,1-4H3,(H2,31,38). The number of nitrogens with zero attached hydrogens (tertiary/aromatic N) is 1. The summed E-state index contributed by atoms with van der Waals surface area (Å²) in [5.41, 5.74) is 4.90. The van der Waals surface area contributed by atoms with Crippen LogP contribution in [0.15, 0.2) is 47.2 Å². The number of carbonyl (C=O) groups excluding carboxylic acids is 3. The van der Waals surface area contributed by atoms with Gasteiger partial charge in [-0.2, -0.15) is 0 Å². The van der Waals surface area contributed by atoms with E-state index in [1.807, 2.05) is 25.1 Å². The van der Waals surface area contributed by atoms with Crippen LogP contribution in [0.4, 0.5) is 0 Å². The number of nitrogens with two attached hydrogens (primary N) is 1. The van der Waals surface area contributed by atoms with E-state index in [9.17, 15) is 34.8 Å². The Morgan fingerprint density at radius 3 is 2.45 bits per heavy atom. The third kappa shape index (κ3) is 3.66. The van der Waals surface area contributed by atoms with Gasteiger partial charge < -0.3 is 30.9 Å². The molecule has 0 spiro atoms. The second-order valence-corrected chi connectivity index (χ2v) is 10.8. The zero-order chi connectivity index (χ0) is 29.3. The smallest absolute Gasteiger partial charge is 0.255 e. The number of methoxy groups -OCH3 is 1. The van der Waals surface area contributed by atoms with Crippen molar-refractivity contribution in [1.29, 1.82) is 0 Å². The first kappa shape index (κ1) is 27.4. The highest BCUT2D eigenvalue weighted by Gasteiger charge is 2.64. The molecule has 4 atom stereocenters. The van der Waals surface area contributed by atoms with Crippen LogP contribution in [0.25, 0.3) is 16.9 Å². The normalized spacial score (nSPS) is 26.0. The first-order valence-corrected chi connectivity index (χ1v) is 13.0. The van der Waals surface area contributed by atoms with E-state index in [4.69, 9.17) is 10.5 Å². The largest absolute Gasteiger partial charge is 0.508 e. The highest BCUT2D eigenvalue weighted by molar-refractivity contribution is 6.24. The van der Waals surface area contributed by atoms with Crippen molar-refractivity contribution in [1.82, 2.24) is 4.90 Å². The third-order valence-electron chi connectivity index (χ3n) is 8.58. The first-order chi connectivity index (χ1) is 18.9. The van der Waals surface area contributed by atoms with Gasteiger partial charge in [0.1, 0.15) is 28.6 Å². The lowest BCUT2D eigenvalue weighted by Gasteiger charge is -2.50. The van der Waals surface area contributed by atoms with Crippen molar-refractivity contribution in [3.05, 3.63) is 63.9 Å².